The van der Waals surface area contributed by atoms with Crippen molar-refractivity contribution in [1.29, 1.82) is 0 Å². The van der Waals surface area contributed by atoms with Gasteiger partial charge in [0.1, 0.15) is 12.3 Å². The van der Waals surface area contributed by atoms with Crippen molar-refractivity contribution in [3.63, 3.8) is 0 Å². The van der Waals surface area contributed by atoms with Gasteiger partial charge < -0.3 is 15.2 Å². The Morgan fingerprint density at radius 3 is 2.60 bits per heavy atom. The number of aromatic nitrogens is 2. The lowest BCUT2D eigenvalue weighted by Gasteiger charge is -2.16. The molecule has 0 unspecified atom stereocenters. The molecule has 0 radical (unpaired) electrons. The quantitative estimate of drug-likeness (QED) is 0.557. The smallest absolute Gasteiger partial charge is 0.270 e. The predicted octanol–water partition coefficient (Wildman–Crippen LogP) is 4.12. The Bertz CT molecular complexity index is 1010. The number of rotatable bonds is 9. The second-order valence-electron chi connectivity index (χ2n) is 7.77. The second-order valence-corrected chi connectivity index (χ2v) is 7.77. The van der Waals surface area contributed by atoms with Crippen molar-refractivity contribution in [2.75, 3.05) is 6.61 Å². The Kier molecular flexibility index (Phi) is 7.11. The zero-order valence-electron chi connectivity index (χ0n) is 18.2. The van der Waals surface area contributed by atoms with E-state index in [1.54, 1.807) is 4.40 Å². The van der Waals surface area contributed by atoms with Crippen molar-refractivity contribution in [2.24, 2.45) is 0 Å². The molecule has 3 aromatic rings. The summed E-state index contributed by atoms with van der Waals surface area (Å²) in [5.74, 6) is 0.397. The largest absolute Gasteiger partial charge is 0.485 e. The Morgan fingerprint density at radius 2 is 1.93 bits per heavy atom. The molecule has 2 heterocycles. The number of fused-ring (bicyclic) bond motifs is 1. The van der Waals surface area contributed by atoms with Crippen LogP contribution in [-0.2, 0) is 6.61 Å². The molecule has 30 heavy (non-hydrogen) atoms. The van der Waals surface area contributed by atoms with E-state index in [1.807, 2.05) is 31.3 Å². The third-order valence-electron chi connectivity index (χ3n) is 5.48. The maximum Gasteiger partial charge on any atom is 0.270 e. The molecule has 0 aliphatic heterocycles. The molecule has 1 amide bonds. The Hall–Kier alpha value is -2.86. The average molecular weight is 410 g/mol. The maximum absolute atomic E-state index is 12.9. The highest BCUT2D eigenvalue weighted by molar-refractivity contribution is 5.95. The molecule has 3 rings (SSSR count). The van der Waals surface area contributed by atoms with E-state index in [4.69, 9.17) is 4.74 Å². The van der Waals surface area contributed by atoms with Gasteiger partial charge in [-0.1, -0.05) is 38.0 Å². The molecule has 0 fully saturated rings. The van der Waals surface area contributed by atoms with Crippen LogP contribution in [0.2, 0.25) is 0 Å². The van der Waals surface area contributed by atoms with Gasteiger partial charge in [-0.25, -0.2) is 4.98 Å². The maximum atomic E-state index is 12.9. The summed E-state index contributed by atoms with van der Waals surface area (Å²) in [5, 5.41) is 12.5. The first kappa shape index (κ1) is 21.8. The van der Waals surface area contributed by atoms with Crippen molar-refractivity contribution in [3.05, 3.63) is 64.6 Å². The van der Waals surface area contributed by atoms with Gasteiger partial charge in [-0.2, -0.15) is 0 Å². The van der Waals surface area contributed by atoms with Gasteiger partial charge in [0, 0.05) is 6.20 Å². The number of nitrogens with one attached hydrogen (secondary N) is 1. The lowest BCUT2D eigenvalue weighted by atomic mass is 10.0. The molecule has 6 nitrogen and oxygen atoms in total. The van der Waals surface area contributed by atoms with Gasteiger partial charge in [-0.05, 0) is 56.0 Å². The van der Waals surface area contributed by atoms with E-state index in [2.05, 4.69) is 43.2 Å². The number of benzene rings is 1. The summed E-state index contributed by atoms with van der Waals surface area (Å²) in [4.78, 5) is 17.5. The van der Waals surface area contributed by atoms with E-state index >= 15 is 0 Å². The number of aliphatic hydroxyl groups excluding tert-OH is 1. The standard InChI is InChI=1S/C24H31N3O3/c1-5-6-11-19(14-28)26-24(29)22-18(4)25-23-21(12-8-13-27(22)23)30-15-20-16(2)9-7-10-17(20)3/h7-10,12-13,19,28H,5-6,11,14-15H2,1-4H3,(H,26,29)/t19-/m1/s1. The number of nitrogens with zero attached hydrogens (tertiary/aromatic N) is 2. The van der Waals surface area contributed by atoms with Gasteiger partial charge in [0.15, 0.2) is 11.4 Å². The van der Waals surface area contributed by atoms with Crippen molar-refractivity contribution >= 4 is 11.6 Å². The van der Waals surface area contributed by atoms with Crippen LogP contribution in [0.4, 0.5) is 0 Å². The molecule has 2 aromatic heterocycles. The van der Waals surface area contributed by atoms with E-state index in [0.29, 0.717) is 29.4 Å². The van der Waals surface area contributed by atoms with Crippen LogP contribution in [0.3, 0.4) is 0 Å². The highest BCUT2D eigenvalue weighted by Gasteiger charge is 2.21. The number of amides is 1. The molecule has 0 aliphatic rings. The summed E-state index contributed by atoms with van der Waals surface area (Å²) in [6, 6.07) is 9.65. The summed E-state index contributed by atoms with van der Waals surface area (Å²) < 4.78 is 7.88. The summed E-state index contributed by atoms with van der Waals surface area (Å²) in [6.45, 7) is 8.41. The number of hydrogen-bond donors (Lipinski definition) is 2. The van der Waals surface area contributed by atoms with Crippen LogP contribution in [0, 0.1) is 20.8 Å². The molecule has 1 aromatic carbocycles. The summed E-state index contributed by atoms with van der Waals surface area (Å²) in [7, 11) is 0. The van der Waals surface area contributed by atoms with Crippen LogP contribution < -0.4 is 10.1 Å². The minimum atomic E-state index is -0.258. The molecule has 2 N–H and O–H groups in total. The number of unbranched alkanes of at least 4 members (excludes halogenated alkanes) is 1. The normalized spacial score (nSPS) is 12.2. The second kappa shape index (κ2) is 9.76. The first-order valence-corrected chi connectivity index (χ1v) is 10.5. The first-order valence-electron chi connectivity index (χ1n) is 10.5. The zero-order valence-corrected chi connectivity index (χ0v) is 18.2. The fraction of sp³-hybridized carbons (Fsp3) is 0.417. The fourth-order valence-corrected chi connectivity index (χ4v) is 3.68. The van der Waals surface area contributed by atoms with Crippen LogP contribution in [0.15, 0.2) is 36.5 Å². The fourth-order valence-electron chi connectivity index (χ4n) is 3.68. The van der Waals surface area contributed by atoms with Crippen LogP contribution in [0.1, 0.15) is 59.1 Å². The van der Waals surface area contributed by atoms with Crippen molar-refractivity contribution in [1.82, 2.24) is 14.7 Å². The predicted molar refractivity (Wildman–Crippen MR) is 118 cm³/mol. The Morgan fingerprint density at radius 1 is 1.20 bits per heavy atom. The van der Waals surface area contributed by atoms with Crippen LogP contribution in [0.25, 0.3) is 5.65 Å². The lowest BCUT2D eigenvalue weighted by Crippen LogP contribution is -2.38. The highest BCUT2D eigenvalue weighted by atomic mass is 16.5. The SMILES string of the molecule is CCCC[C@H](CO)NC(=O)c1c(C)nc2c(OCc3c(C)cccc3C)cccn12. The van der Waals surface area contributed by atoms with Crippen LogP contribution >= 0.6 is 0 Å². The van der Waals surface area contributed by atoms with E-state index in [1.165, 1.54) is 11.1 Å². The third kappa shape index (κ3) is 4.65. The molecular weight excluding hydrogens is 378 g/mol. The topological polar surface area (TPSA) is 75.9 Å². The molecule has 1 atom stereocenters. The van der Waals surface area contributed by atoms with Crippen LogP contribution in [0.5, 0.6) is 5.75 Å². The number of carbonyl (C=O) groups is 1. The summed E-state index contributed by atoms with van der Waals surface area (Å²) in [5.41, 5.74) is 5.23. The van der Waals surface area contributed by atoms with Crippen molar-refractivity contribution in [2.45, 2.75) is 59.6 Å². The molecule has 0 bridgehead atoms. The third-order valence-corrected chi connectivity index (χ3v) is 5.48. The molecule has 0 saturated carbocycles. The van der Waals surface area contributed by atoms with Crippen molar-refractivity contribution in [3.8, 4) is 5.75 Å². The van der Waals surface area contributed by atoms with Crippen LogP contribution in [-0.4, -0.2) is 33.0 Å². The van der Waals surface area contributed by atoms with Gasteiger partial charge in [-0.15, -0.1) is 0 Å². The number of carbonyl (C=O) groups excluding carboxylic acids is 1. The van der Waals surface area contributed by atoms with Gasteiger partial charge in [0.2, 0.25) is 0 Å². The minimum absolute atomic E-state index is 0.0777. The van der Waals surface area contributed by atoms with E-state index in [-0.39, 0.29) is 18.6 Å². The lowest BCUT2D eigenvalue weighted by molar-refractivity contribution is 0.0905. The Labute approximate surface area is 177 Å². The number of hydrogen-bond acceptors (Lipinski definition) is 4. The molecule has 0 spiro atoms. The number of imidazole rings is 1. The highest BCUT2D eigenvalue weighted by Crippen LogP contribution is 2.24. The number of pyridine rings is 1. The zero-order chi connectivity index (χ0) is 21.7. The molecule has 0 aliphatic carbocycles. The van der Waals surface area contributed by atoms with E-state index in [9.17, 15) is 9.90 Å². The monoisotopic (exact) mass is 409 g/mol. The molecule has 6 heteroatoms. The van der Waals surface area contributed by atoms with Crippen molar-refractivity contribution < 1.29 is 14.6 Å². The van der Waals surface area contributed by atoms with Gasteiger partial charge in [0.05, 0.1) is 18.3 Å². The number of aliphatic hydroxyl groups is 1. The van der Waals surface area contributed by atoms with Gasteiger partial charge >= 0.3 is 0 Å². The average Bonchev–Trinajstić information content (AvgIpc) is 3.07. The number of ether oxygens (including phenoxy) is 1. The van der Waals surface area contributed by atoms with E-state index < -0.39 is 0 Å². The molecular formula is C24H31N3O3. The minimum Gasteiger partial charge on any atom is -0.485 e. The van der Waals surface area contributed by atoms with Gasteiger partial charge in [0.25, 0.3) is 5.91 Å². The first-order chi connectivity index (χ1) is 14.5. The Balaban J connectivity index is 1.85. The summed E-state index contributed by atoms with van der Waals surface area (Å²) >= 11 is 0. The molecule has 160 valence electrons. The number of aryl methyl sites for hydroxylation is 3. The molecule has 0 saturated heterocycles. The van der Waals surface area contributed by atoms with Gasteiger partial charge in [-0.3, -0.25) is 9.20 Å². The summed E-state index contributed by atoms with van der Waals surface area (Å²) in [6.07, 6.45) is 4.53. The van der Waals surface area contributed by atoms with E-state index in [0.717, 1.165) is 24.8 Å².